The summed E-state index contributed by atoms with van der Waals surface area (Å²) in [5.41, 5.74) is 2.31. The number of para-hydroxylation sites is 1. The van der Waals surface area contributed by atoms with Gasteiger partial charge in [-0.05, 0) is 35.4 Å². The van der Waals surface area contributed by atoms with Crippen LogP contribution in [0.15, 0.2) is 53.6 Å². The third kappa shape index (κ3) is 3.98. The molecular weight excluding hydrogens is 463 g/mol. The van der Waals surface area contributed by atoms with Gasteiger partial charge < -0.3 is 10.1 Å². The van der Waals surface area contributed by atoms with Crippen LogP contribution in [0, 0.1) is 0 Å². The van der Waals surface area contributed by atoms with Gasteiger partial charge in [0.05, 0.1) is 4.91 Å². The van der Waals surface area contributed by atoms with E-state index in [0.717, 1.165) is 28.2 Å². The van der Waals surface area contributed by atoms with Gasteiger partial charge in [-0.15, -0.1) is 0 Å². The molecule has 5 nitrogen and oxygen atoms in total. The van der Waals surface area contributed by atoms with Crippen molar-refractivity contribution in [2.45, 2.75) is 12.5 Å². The number of thioether (sulfide) groups is 1. The second kappa shape index (κ2) is 8.43. The Kier molecular flexibility index (Phi) is 5.88. The molecule has 0 unspecified atom stereocenters. The van der Waals surface area contributed by atoms with Crippen LogP contribution >= 0.6 is 47.2 Å². The van der Waals surface area contributed by atoms with Crippen LogP contribution in [-0.4, -0.2) is 37.2 Å². The van der Waals surface area contributed by atoms with Crippen molar-refractivity contribution < 1.29 is 14.7 Å². The number of halogens is 2. The Morgan fingerprint density at radius 2 is 2.03 bits per heavy atom. The van der Waals surface area contributed by atoms with Gasteiger partial charge in [-0.25, -0.2) is 4.79 Å². The molecule has 9 heteroatoms. The van der Waals surface area contributed by atoms with Crippen molar-refractivity contribution in [3.05, 3.63) is 74.7 Å². The maximum absolute atomic E-state index is 13.0. The molecule has 3 aromatic rings. The smallest absolute Gasteiger partial charge is 0.327 e. The quantitative estimate of drug-likeness (QED) is 0.382. The van der Waals surface area contributed by atoms with E-state index in [0.29, 0.717) is 20.5 Å². The topological polar surface area (TPSA) is 73.4 Å². The number of aromatic nitrogens is 1. The largest absolute Gasteiger partial charge is 0.480 e. The van der Waals surface area contributed by atoms with Crippen LogP contribution in [0.3, 0.4) is 0 Å². The molecule has 2 N–H and O–H groups in total. The summed E-state index contributed by atoms with van der Waals surface area (Å²) in [6.07, 6.45) is 3.49. The normalized spacial score (nSPS) is 16.6. The highest BCUT2D eigenvalue weighted by Crippen LogP contribution is 2.36. The van der Waals surface area contributed by atoms with Crippen molar-refractivity contribution in [2.75, 3.05) is 0 Å². The molecule has 0 bridgehead atoms. The number of aromatic amines is 1. The van der Waals surface area contributed by atoms with Crippen molar-refractivity contribution in [2.24, 2.45) is 0 Å². The van der Waals surface area contributed by atoms with E-state index >= 15 is 0 Å². The number of amides is 1. The van der Waals surface area contributed by atoms with Crippen LogP contribution in [0.4, 0.5) is 0 Å². The standard InChI is InChI=1S/C21H14Cl2N2O3S2/c22-13-6-5-11(15(23)9-13)8-18-19(26)25(21(29)30-18)17(20(27)28)7-12-10-24-16-4-2-1-3-14(12)16/h1-6,8-10,17,24H,7H2,(H,27,28)/b18-8-/t17-/m1/s1. The minimum atomic E-state index is -1.12. The van der Waals surface area contributed by atoms with Gasteiger partial charge in [0.2, 0.25) is 0 Å². The molecule has 0 aliphatic carbocycles. The highest BCUT2D eigenvalue weighted by Gasteiger charge is 2.40. The lowest BCUT2D eigenvalue weighted by molar-refractivity contribution is -0.145. The van der Waals surface area contributed by atoms with Crippen LogP contribution in [0.2, 0.25) is 10.0 Å². The number of hydrogen-bond donors (Lipinski definition) is 2. The van der Waals surface area contributed by atoms with Gasteiger partial charge >= 0.3 is 5.97 Å². The summed E-state index contributed by atoms with van der Waals surface area (Å²) in [7, 11) is 0. The summed E-state index contributed by atoms with van der Waals surface area (Å²) in [6, 6.07) is 11.4. The summed E-state index contributed by atoms with van der Waals surface area (Å²) in [5, 5.41) is 11.6. The first kappa shape index (κ1) is 20.9. The van der Waals surface area contributed by atoms with Gasteiger partial charge in [-0.2, -0.15) is 0 Å². The van der Waals surface area contributed by atoms with Gasteiger partial charge in [0.15, 0.2) is 0 Å². The first-order valence-electron chi connectivity index (χ1n) is 8.85. The zero-order valence-electron chi connectivity index (χ0n) is 15.3. The molecule has 1 saturated heterocycles. The van der Waals surface area contributed by atoms with Crippen molar-refractivity contribution in [1.82, 2.24) is 9.88 Å². The highest BCUT2D eigenvalue weighted by atomic mass is 35.5. The Balaban J connectivity index is 1.65. The molecule has 152 valence electrons. The Bertz CT molecular complexity index is 1220. The first-order chi connectivity index (χ1) is 14.3. The monoisotopic (exact) mass is 476 g/mol. The van der Waals surface area contributed by atoms with Gasteiger partial charge in [0.1, 0.15) is 10.4 Å². The van der Waals surface area contributed by atoms with E-state index in [2.05, 4.69) is 4.98 Å². The fourth-order valence-electron chi connectivity index (χ4n) is 3.31. The first-order valence-corrected chi connectivity index (χ1v) is 10.8. The zero-order valence-corrected chi connectivity index (χ0v) is 18.4. The number of carbonyl (C=O) groups is 2. The minimum Gasteiger partial charge on any atom is -0.480 e. The molecule has 1 aromatic heterocycles. The number of carboxylic acids is 1. The van der Waals surface area contributed by atoms with Crippen LogP contribution in [0.5, 0.6) is 0 Å². The maximum atomic E-state index is 13.0. The summed E-state index contributed by atoms with van der Waals surface area (Å²) in [5.74, 6) is -1.58. The van der Waals surface area contributed by atoms with Gasteiger partial charge in [-0.1, -0.05) is 71.4 Å². The van der Waals surface area contributed by atoms with Crippen molar-refractivity contribution in [3.8, 4) is 0 Å². The second-order valence-electron chi connectivity index (χ2n) is 6.64. The van der Waals surface area contributed by atoms with E-state index in [4.69, 9.17) is 35.4 Å². The highest BCUT2D eigenvalue weighted by molar-refractivity contribution is 8.26. The molecule has 1 aliphatic rings. The van der Waals surface area contributed by atoms with Crippen molar-refractivity contribution in [3.63, 3.8) is 0 Å². The number of thiocarbonyl (C=S) groups is 1. The number of nitrogens with zero attached hydrogens (tertiary/aromatic N) is 1. The number of carboxylic acid groups (broad SMARTS) is 1. The molecular formula is C21H14Cl2N2O3S2. The van der Waals surface area contributed by atoms with E-state index in [1.165, 1.54) is 4.90 Å². The third-order valence-electron chi connectivity index (χ3n) is 4.76. The van der Waals surface area contributed by atoms with E-state index < -0.39 is 17.9 Å². The molecule has 2 heterocycles. The summed E-state index contributed by atoms with van der Waals surface area (Å²) in [6.45, 7) is 0. The number of nitrogens with one attached hydrogen (secondary N) is 1. The lowest BCUT2D eigenvalue weighted by Crippen LogP contribution is -2.45. The molecule has 4 rings (SSSR count). The van der Waals surface area contributed by atoms with Crippen molar-refractivity contribution in [1.29, 1.82) is 0 Å². The lowest BCUT2D eigenvalue weighted by atomic mass is 10.0. The number of fused-ring (bicyclic) bond motifs is 1. The fourth-order valence-corrected chi connectivity index (χ4v) is 5.12. The summed E-state index contributed by atoms with van der Waals surface area (Å²) in [4.78, 5) is 29.7. The van der Waals surface area contributed by atoms with E-state index in [-0.39, 0.29) is 10.7 Å². The van der Waals surface area contributed by atoms with Crippen LogP contribution in [0.25, 0.3) is 17.0 Å². The number of benzene rings is 2. The predicted octanol–water partition coefficient (Wildman–Crippen LogP) is 5.37. The average molecular weight is 477 g/mol. The van der Waals surface area contributed by atoms with Crippen LogP contribution in [-0.2, 0) is 16.0 Å². The lowest BCUT2D eigenvalue weighted by Gasteiger charge is -2.23. The zero-order chi connectivity index (χ0) is 21.4. The molecule has 2 aromatic carbocycles. The average Bonchev–Trinajstić information content (AvgIpc) is 3.23. The number of hydrogen-bond acceptors (Lipinski definition) is 4. The van der Waals surface area contributed by atoms with E-state index in [9.17, 15) is 14.7 Å². The Morgan fingerprint density at radius 1 is 1.27 bits per heavy atom. The molecule has 1 aliphatic heterocycles. The van der Waals surface area contributed by atoms with Crippen LogP contribution in [0.1, 0.15) is 11.1 Å². The van der Waals surface area contributed by atoms with Crippen LogP contribution < -0.4 is 0 Å². The molecule has 1 atom stereocenters. The minimum absolute atomic E-state index is 0.126. The number of H-pyrrole nitrogens is 1. The van der Waals surface area contributed by atoms with Crippen molar-refractivity contribution >= 4 is 80.4 Å². The molecule has 0 spiro atoms. The fraction of sp³-hybridized carbons (Fsp3) is 0.0952. The molecule has 0 saturated carbocycles. The second-order valence-corrected chi connectivity index (χ2v) is 9.15. The summed E-state index contributed by atoms with van der Waals surface area (Å²) >= 11 is 18.5. The SMILES string of the molecule is O=C(O)[C@@H](Cc1c[nH]c2ccccc12)N1C(=O)/C(=C/c2ccc(Cl)cc2Cl)SC1=S. The van der Waals surface area contributed by atoms with E-state index in [1.54, 1.807) is 30.5 Å². The molecule has 30 heavy (non-hydrogen) atoms. The molecule has 1 fully saturated rings. The molecule has 1 amide bonds. The number of aliphatic carboxylic acids is 1. The van der Waals surface area contributed by atoms with Gasteiger partial charge in [-0.3, -0.25) is 9.69 Å². The maximum Gasteiger partial charge on any atom is 0.327 e. The molecule has 0 radical (unpaired) electrons. The summed E-state index contributed by atoms with van der Waals surface area (Å²) < 4.78 is 0.198. The number of carbonyl (C=O) groups excluding carboxylic acids is 1. The number of rotatable bonds is 5. The van der Waals surface area contributed by atoms with Gasteiger partial charge in [0, 0.05) is 33.6 Å². The Labute approximate surface area is 191 Å². The Morgan fingerprint density at radius 3 is 2.77 bits per heavy atom. The van der Waals surface area contributed by atoms with E-state index in [1.807, 2.05) is 24.3 Å². The predicted molar refractivity (Wildman–Crippen MR) is 125 cm³/mol. The Hall–Kier alpha value is -2.32. The van der Waals surface area contributed by atoms with Gasteiger partial charge in [0.25, 0.3) is 5.91 Å². The third-order valence-corrected chi connectivity index (χ3v) is 6.65.